The number of hydrogen-bond donors (Lipinski definition) is 1. The zero-order chi connectivity index (χ0) is 12.7. The molecule has 96 valence electrons. The number of rotatable bonds is 8. The molecule has 0 aromatic carbocycles. The summed E-state index contributed by atoms with van der Waals surface area (Å²) in [6, 6.07) is 1.71. The van der Waals surface area contributed by atoms with Crippen LogP contribution in [0, 0.1) is 5.92 Å². The third-order valence-electron chi connectivity index (χ3n) is 2.93. The molecule has 0 rings (SSSR count). The topological polar surface area (TPSA) is 15.3 Å². The van der Waals surface area contributed by atoms with Crippen molar-refractivity contribution in [3.63, 3.8) is 0 Å². The fourth-order valence-corrected chi connectivity index (χ4v) is 1.97. The molecular formula is C14H30N2. The molecule has 0 amide bonds. The Balaban J connectivity index is 4.50. The summed E-state index contributed by atoms with van der Waals surface area (Å²) in [5, 5.41) is 3.54. The minimum absolute atomic E-state index is 0.555. The van der Waals surface area contributed by atoms with Crippen LogP contribution in [0.3, 0.4) is 0 Å². The SMILES string of the molecule is C=CCN(C(C)C)C(CNC(C)C)C(C)C. The third-order valence-corrected chi connectivity index (χ3v) is 2.93. The number of nitrogens with one attached hydrogen (secondary N) is 1. The molecule has 1 atom stereocenters. The number of hydrogen-bond acceptors (Lipinski definition) is 2. The van der Waals surface area contributed by atoms with Crippen LogP contribution in [0.5, 0.6) is 0 Å². The van der Waals surface area contributed by atoms with Crippen molar-refractivity contribution in [2.75, 3.05) is 13.1 Å². The Labute approximate surface area is 102 Å². The largest absolute Gasteiger partial charge is 0.313 e. The average Bonchev–Trinajstić information content (AvgIpc) is 2.15. The van der Waals surface area contributed by atoms with E-state index in [0.29, 0.717) is 24.0 Å². The molecule has 0 aliphatic rings. The molecule has 0 bridgehead atoms. The predicted octanol–water partition coefficient (Wildman–Crippen LogP) is 2.91. The maximum Gasteiger partial charge on any atom is 0.0249 e. The Kier molecular flexibility index (Phi) is 7.69. The lowest BCUT2D eigenvalue weighted by molar-refractivity contribution is 0.129. The lowest BCUT2D eigenvalue weighted by atomic mass is 10.0. The quantitative estimate of drug-likeness (QED) is 0.640. The van der Waals surface area contributed by atoms with Crippen molar-refractivity contribution >= 4 is 0 Å². The van der Waals surface area contributed by atoms with E-state index >= 15 is 0 Å². The molecule has 0 saturated carbocycles. The van der Waals surface area contributed by atoms with E-state index in [1.807, 2.05) is 6.08 Å². The summed E-state index contributed by atoms with van der Waals surface area (Å²) < 4.78 is 0. The maximum absolute atomic E-state index is 3.86. The number of nitrogens with zero attached hydrogens (tertiary/aromatic N) is 1. The van der Waals surface area contributed by atoms with Gasteiger partial charge in [-0.1, -0.05) is 33.8 Å². The summed E-state index contributed by atoms with van der Waals surface area (Å²) in [5.74, 6) is 0.661. The first-order chi connectivity index (χ1) is 7.40. The smallest absolute Gasteiger partial charge is 0.0249 e. The highest BCUT2D eigenvalue weighted by Crippen LogP contribution is 2.13. The van der Waals surface area contributed by atoms with Crippen molar-refractivity contribution in [2.45, 2.75) is 59.7 Å². The molecule has 0 saturated heterocycles. The molecule has 1 N–H and O–H groups in total. The van der Waals surface area contributed by atoms with E-state index in [4.69, 9.17) is 0 Å². The van der Waals surface area contributed by atoms with Crippen LogP contribution in [-0.2, 0) is 0 Å². The first-order valence-corrected chi connectivity index (χ1v) is 6.50. The molecule has 0 aromatic heterocycles. The molecule has 2 heteroatoms. The van der Waals surface area contributed by atoms with E-state index < -0.39 is 0 Å². The molecular weight excluding hydrogens is 196 g/mol. The molecule has 0 aromatic rings. The molecule has 0 spiro atoms. The van der Waals surface area contributed by atoms with Crippen molar-refractivity contribution < 1.29 is 0 Å². The Hall–Kier alpha value is -0.340. The van der Waals surface area contributed by atoms with Gasteiger partial charge in [-0.25, -0.2) is 0 Å². The second-order valence-corrected chi connectivity index (χ2v) is 5.45. The fourth-order valence-electron chi connectivity index (χ4n) is 1.97. The van der Waals surface area contributed by atoms with Gasteiger partial charge in [0.25, 0.3) is 0 Å². The van der Waals surface area contributed by atoms with Crippen LogP contribution in [-0.4, -0.2) is 36.1 Å². The van der Waals surface area contributed by atoms with E-state index in [0.717, 1.165) is 13.1 Å². The standard InChI is InChI=1S/C14H30N2/c1-8-9-16(13(6)7)14(11(2)3)10-15-12(4)5/h8,11-15H,1,9-10H2,2-7H3. The summed E-state index contributed by atoms with van der Waals surface area (Å²) in [5.41, 5.74) is 0. The van der Waals surface area contributed by atoms with Crippen LogP contribution in [0.15, 0.2) is 12.7 Å². The normalized spacial score (nSPS) is 14.1. The maximum atomic E-state index is 3.86. The first-order valence-electron chi connectivity index (χ1n) is 6.50. The Bertz CT molecular complexity index is 185. The van der Waals surface area contributed by atoms with Crippen molar-refractivity contribution in [2.24, 2.45) is 5.92 Å². The second kappa shape index (κ2) is 7.86. The van der Waals surface area contributed by atoms with E-state index in [1.165, 1.54) is 0 Å². The summed E-state index contributed by atoms with van der Waals surface area (Å²) in [4.78, 5) is 2.52. The van der Waals surface area contributed by atoms with Gasteiger partial charge < -0.3 is 5.32 Å². The van der Waals surface area contributed by atoms with Gasteiger partial charge in [0.2, 0.25) is 0 Å². The highest BCUT2D eigenvalue weighted by molar-refractivity contribution is 4.85. The molecule has 0 heterocycles. The van der Waals surface area contributed by atoms with Crippen LogP contribution in [0.1, 0.15) is 41.5 Å². The minimum Gasteiger partial charge on any atom is -0.313 e. The lowest BCUT2D eigenvalue weighted by Gasteiger charge is -2.37. The van der Waals surface area contributed by atoms with Crippen molar-refractivity contribution in [1.82, 2.24) is 10.2 Å². The fraction of sp³-hybridized carbons (Fsp3) is 0.857. The zero-order valence-electron chi connectivity index (χ0n) is 12.0. The van der Waals surface area contributed by atoms with Crippen molar-refractivity contribution in [1.29, 1.82) is 0 Å². The zero-order valence-corrected chi connectivity index (χ0v) is 12.0. The van der Waals surface area contributed by atoms with Crippen LogP contribution in [0.25, 0.3) is 0 Å². The van der Waals surface area contributed by atoms with Crippen LogP contribution in [0.2, 0.25) is 0 Å². The average molecular weight is 226 g/mol. The molecule has 0 radical (unpaired) electrons. The molecule has 16 heavy (non-hydrogen) atoms. The van der Waals surface area contributed by atoms with Gasteiger partial charge in [-0.2, -0.15) is 0 Å². The lowest BCUT2D eigenvalue weighted by Crippen LogP contribution is -2.49. The van der Waals surface area contributed by atoms with Gasteiger partial charge in [-0.15, -0.1) is 6.58 Å². The first kappa shape index (κ1) is 15.7. The summed E-state index contributed by atoms with van der Waals surface area (Å²) in [6.07, 6.45) is 2.00. The van der Waals surface area contributed by atoms with E-state index in [9.17, 15) is 0 Å². The van der Waals surface area contributed by atoms with Crippen molar-refractivity contribution in [3.05, 3.63) is 12.7 Å². The van der Waals surface area contributed by atoms with Crippen LogP contribution in [0.4, 0.5) is 0 Å². The molecule has 0 aliphatic heterocycles. The summed E-state index contributed by atoms with van der Waals surface area (Å²) in [6.45, 7) is 19.4. The van der Waals surface area contributed by atoms with Gasteiger partial charge in [0.1, 0.15) is 0 Å². The van der Waals surface area contributed by atoms with Crippen LogP contribution >= 0.6 is 0 Å². The second-order valence-electron chi connectivity index (χ2n) is 5.45. The predicted molar refractivity (Wildman–Crippen MR) is 73.8 cm³/mol. The summed E-state index contributed by atoms with van der Waals surface area (Å²) in [7, 11) is 0. The van der Waals surface area contributed by atoms with Gasteiger partial charge in [0, 0.05) is 31.2 Å². The Morgan fingerprint density at radius 1 is 1.12 bits per heavy atom. The van der Waals surface area contributed by atoms with Gasteiger partial charge in [-0.3, -0.25) is 4.90 Å². The van der Waals surface area contributed by atoms with Gasteiger partial charge in [0.05, 0.1) is 0 Å². The molecule has 2 nitrogen and oxygen atoms in total. The molecule has 0 aliphatic carbocycles. The third kappa shape index (κ3) is 5.66. The highest BCUT2D eigenvalue weighted by atomic mass is 15.2. The van der Waals surface area contributed by atoms with E-state index in [2.05, 4.69) is 58.3 Å². The Morgan fingerprint density at radius 3 is 2.00 bits per heavy atom. The van der Waals surface area contributed by atoms with Gasteiger partial charge in [0.15, 0.2) is 0 Å². The van der Waals surface area contributed by atoms with Gasteiger partial charge in [-0.05, 0) is 19.8 Å². The molecule has 1 unspecified atom stereocenters. The Morgan fingerprint density at radius 2 is 1.69 bits per heavy atom. The van der Waals surface area contributed by atoms with E-state index in [1.54, 1.807) is 0 Å². The monoisotopic (exact) mass is 226 g/mol. The van der Waals surface area contributed by atoms with E-state index in [-0.39, 0.29) is 0 Å². The summed E-state index contributed by atoms with van der Waals surface area (Å²) >= 11 is 0. The van der Waals surface area contributed by atoms with Crippen molar-refractivity contribution in [3.8, 4) is 0 Å². The van der Waals surface area contributed by atoms with Gasteiger partial charge >= 0.3 is 0 Å². The minimum atomic E-state index is 0.555. The molecule has 0 fully saturated rings. The highest BCUT2D eigenvalue weighted by Gasteiger charge is 2.22. The van der Waals surface area contributed by atoms with Crippen LogP contribution < -0.4 is 5.32 Å².